The number of benzene rings is 1. The fourth-order valence-corrected chi connectivity index (χ4v) is 2.25. The summed E-state index contributed by atoms with van der Waals surface area (Å²) in [6.45, 7) is 3.60. The summed E-state index contributed by atoms with van der Waals surface area (Å²) in [6, 6.07) is 5.37. The standard InChI is InChI=1S/C14H19FO3/c1-3-5-12(13(16)17)14(18,4-2)10-6-8-11(15)9-7-10/h6-9,12,18H,3-5H2,1-2H3,(H,16,17). The smallest absolute Gasteiger partial charge is 0.309 e. The van der Waals surface area contributed by atoms with Crippen LogP contribution in [0.3, 0.4) is 0 Å². The van der Waals surface area contributed by atoms with Crippen LogP contribution in [0.25, 0.3) is 0 Å². The van der Waals surface area contributed by atoms with E-state index in [0.717, 1.165) is 0 Å². The highest BCUT2D eigenvalue weighted by atomic mass is 19.1. The van der Waals surface area contributed by atoms with Crippen LogP contribution >= 0.6 is 0 Å². The Balaban J connectivity index is 3.16. The van der Waals surface area contributed by atoms with E-state index in [1.54, 1.807) is 6.92 Å². The number of aliphatic hydroxyl groups is 1. The first-order chi connectivity index (χ1) is 8.45. The molecule has 0 saturated heterocycles. The average Bonchev–Trinajstić information content (AvgIpc) is 2.35. The SMILES string of the molecule is CCCC(C(=O)O)C(O)(CC)c1ccc(F)cc1. The van der Waals surface area contributed by atoms with Gasteiger partial charge in [0.2, 0.25) is 0 Å². The molecule has 0 spiro atoms. The van der Waals surface area contributed by atoms with Crippen LogP contribution in [-0.2, 0) is 10.4 Å². The van der Waals surface area contributed by atoms with Crippen molar-refractivity contribution in [2.24, 2.45) is 5.92 Å². The highest BCUT2D eigenvalue weighted by Crippen LogP contribution is 2.36. The van der Waals surface area contributed by atoms with Crippen LogP contribution in [0.1, 0.15) is 38.7 Å². The molecular formula is C14H19FO3. The van der Waals surface area contributed by atoms with Crippen LogP contribution < -0.4 is 0 Å². The topological polar surface area (TPSA) is 57.5 Å². The summed E-state index contributed by atoms with van der Waals surface area (Å²) in [5, 5.41) is 19.9. The van der Waals surface area contributed by atoms with Gasteiger partial charge in [-0.1, -0.05) is 32.4 Å². The zero-order valence-electron chi connectivity index (χ0n) is 10.7. The van der Waals surface area contributed by atoms with E-state index in [1.165, 1.54) is 24.3 Å². The summed E-state index contributed by atoms with van der Waals surface area (Å²) in [5.41, 5.74) is -0.998. The van der Waals surface area contributed by atoms with Crippen LogP contribution in [0.2, 0.25) is 0 Å². The maximum Gasteiger partial charge on any atom is 0.309 e. The van der Waals surface area contributed by atoms with Crippen LogP contribution in [-0.4, -0.2) is 16.2 Å². The number of carboxylic acid groups (broad SMARTS) is 1. The minimum atomic E-state index is -1.45. The summed E-state index contributed by atoms with van der Waals surface area (Å²) in [6.07, 6.45) is 1.33. The second-order valence-electron chi connectivity index (χ2n) is 4.46. The molecule has 2 unspecified atom stereocenters. The largest absolute Gasteiger partial charge is 0.481 e. The molecule has 4 heteroatoms. The maximum absolute atomic E-state index is 12.9. The summed E-state index contributed by atoms with van der Waals surface area (Å²) in [4.78, 5) is 11.3. The molecule has 1 aromatic rings. The van der Waals surface area contributed by atoms with E-state index < -0.39 is 23.3 Å². The van der Waals surface area contributed by atoms with Gasteiger partial charge in [0.1, 0.15) is 11.4 Å². The molecule has 0 amide bonds. The highest BCUT2D eigenvalue weighted by molar-refractivity contribution is 5.72. The molecule has 0 saturated carbocycles. The quantitative estimate of drug-likeness (QED) is 0.820. The van der Waals surface area contributed by atoms with E-state index in [1.807, 2.05) is 6.92 Å². The molecule has 0 radical (unpaired) electrons. The Kier molecular flexibility index (Phi) is 4.84. The number of hydrogen-bond donors (Lipinski definition) is 2. The predicted octanol–water partition coefficient (Wildman–Crippen LogP) is 2.92. The highest BCUT2D eigenvalue weighted by Gasteiger charge is 2.40. The van der Waals surface area contributed by atoms with E-state index in [9.17, 15) is 19.4 Å². The van der Waals surface area contributed by atoms with Gasteiger partial charge in [-0.25, -0.2) is 4.39 Å². The Bertz CT molecular complexity index is 402. The summed E-state index contributed by atoms with van der Waals surface area (Å²) < 4.78 is 12.9. The van der Waals surface area contributed by atoms with E-state index >= 15 is 0 Å². The molecule has 0 fully saturated rings. The summed E-state index contributed by atoms with van der Waals surface area (Å²) >= 11 is 0. The number of carboxylic acids is 1. The Hall–Kier alpha value is -1.42. The number of hydrogen-bond acceptors (Lipinski definition) is 2. The van der Waals surface area contributed by atoms with Crippen LogP contribution in [0.4, 0.5) is 4.39 Å². The van der Waals surface area contributed by atoms with Crippen molar-refractivity contribution in [1.82, 2.24) is 0 Å². The number of halogens is 1. The first-order valence-corrected chi connectivity index (χ1v) is 6.17. The minimum Gasteiger partial charge on any atom is -0.481 e. The molecule has 0 aliphatic carbocycles. The molecule has 0 aliphatic rings. The van der Waals surface area contributed by atoms with E-state index in [4.69, 9.17) is 0 Å². The Morgan fingerprint density at radius 2 is 1.89 bits per heavy atom. The van der Waals surface area contributed by atoms with Crippen molar-refractivity contribution >= 4 is 5.97 Å². The molecule has 0 aliphatic heterocycles. The molecule has 1 rings (SSSR count). The number of aliphatic carboxylic acids is 1. The fraction of sp³-hybridized carbons (Fsp3) is 0.500. The lowest BCUT2D eigenvalue weighted by molar-refractivity contribution is -0.154. The molecule has 2 atom stereocenters. The molecule has 100 valence electrons. The van der Waals surface area contributed by atoms with Gasteiger partial charge >= 0.3 is 5.97 Å². The lowest BCUT2D eigenvalue weighted by atomic mass is 9.77. The molecule has 3 nitrogen and oxygen atoms in total. The van der Waals surface area contributed by atoms with Crippen molar-refractivity contribution in [2.45, 2.75) is 38.7 Å². The molecule has 0 aromatic heterocycles. The first-order valence-electron chi connectivity index (χ1n) is 6.17. The van der Waals surface area contributed by atoms with Crippen molar-refractivity contribution in [3.05, 3.63) is 35.6 Å². The van der Waals surface area contributed by atoms with Crippen LogP contribution in [0, 0.1) is 11.7 Å². The van der Waals surface area contributed by atoms with Gasteiger partial charge in [-0.05, 0) is 30.5 Å². The van der Waals surface area contributed by atoms with Gasteiger partial charge in [0.05, 0.1) is 5.92 Å². The molecular weight excluding hydrogens is 235 g/mol. The van der Waals surface area contributed by atoms with Crippen LogP contribution in [0.5, 0.6) is 0 Å². The van der Waals surface area contributed by atoms with Gasteiger partial charge in [0.25, 0.3) is 0 Å². The zero-order chi connectivity index (χ0) is 13.8. The second-order valence-corrected chi connectivity index (χ2v) is 4.46. The molecule has 0 bridgehead atoms. The molecule has 0 heterocycles. The third kappa shape index (κ3) is 2.88. The van der Waals surface area contributed by atoms with Gasteiger partial charge < -0.3 is 10.2 Å². The maximum atomic E-state index is 12.9. The van der Waals surface area contributed by atoms with E-state index in [2.05, 4.69) is 0 Å². The first kappa shape index (κ1) is 14.6. The second kappa shape index (κ2) is 5.96. The Morgan fingerprint density at radius 1 is 1.33 bits per heavy atom. The summed E-state index contributed by atoms with van der Waals surface area (Å²) in [7, 11) is 0. The lowest BCUT2D eigenvalue weighted by Gasteiger charge is -2.33. The third-order valence-electron chi connectivity index (χ3n) is 3.34. The van der Waals surface area contributed by atoms with Gasteiger partial charge in [0.15, 0.2) is 0 Å². The van der Waals surface area contributed by atoms with Gasteiger partial charge in [-0.2, -0.15) is 0 Å². The van der Waals surface area contributed by atoms with E-state index in [-0.39, 0.29) is 6.42 Å². The van der Waals surface area contributed by atoms with E-state index in [0.29, 0.717) is 18.4 Å². The normalized spacial score (nSPS) is 16.0. The van der Waals surface area contributed by atoms with Crippen molar-refractivity contribution < 1.29 is 19.4 Å². The van der Waals surface area contributed by atoms with Gasteiger partial charge in [-0.3, -0.25) is 4.79 Å². The Morgan fingerprint density at radius 3 is 2.28 bits per heavy atom. The minimum absolute atomic E-state index is 0.273. The average molecular weight is 254 g/mol. The van der Waals surface area contributed by atoms with Gasteiger partial charge in [-0.15, -0.1) is 0 Å². The molecule has 2 N–H and O–H groups in total. The number of carbonyl (C=O) groups is 1. The zero-order valence-corrected chi connectivity index (χ0v) is 10.7. The van der Waals surface area contributed by atoms with Crippen molar-refractivity contribution in [1.29, 1.82) is 0 Å². The monoisotopic (exact) mass is 254 g/mol. The lowest BCUT2D eigenvalue weighted by Crippen LogP contribution is -2.39. The molecule has 1 aromatic carbocycles. The van der Waals surface area contributed by atoms with Crippen molar-refractivity contribution in [3.8, 4) is 0 Å². The number of rotatable bonds is 6. The predicted molar refractivity (Wildman–Crippen MR) is 66.6 cm³/mol. The van der Waals surface area contributed by atoms with Crippen molar-refractivity contribution in [2.75, 3.05) is 0 Å². The molecule has 18 heavy (non-hydrogen) atoms. The van der Waals surface area contributed by atoms with Gasteiger partial charge in [0, 0.05) is 0 Å². The van der Waals surface area contributed by atoms with Crippen molar-refractivity contribution in [3.63, 3.8) is 0 Å². The Labute approximate surface area is 106 Å². The third-order valence-corrected chi connectivity index (χ3v) is 3.34. The summed E-state index contributed by atoms with van der Waals surface area (Å²) in [5.74, 6) is -2.30. The van der Waals surface area contributed by atoms with Crippen LogP contribution in [0.15, 0.2) is 24.3 Å². The fourth-order valence-electron chi connectivity index (χ4n) is 2.25.